The van der Waals surface area contributed by atoms with Gasteiger partial charge in [-0.15, -0.1) is 11.8 Å². The van der Waals surface area contributed by atoms with Crippen LogP contribution in [0.1, 0.15) is 12.8 Å². The highest BCUT2D eigenvalue weighted by Crippen LogP contribution is 2.36. The molecule has 1 fully saturated rings. The SMILES string of the molecule is C1=CC2CCC(C=C1)S2. The monoisotopic (exact) mass is 138 g/mol. The molecule has 0 nitrogen and oxygen atoms in total. The van der Waals surface area contributed by atoms with E-state index in [4.69, 9.17) is 0 Å². The fraction of sp³-hybridized carbons (Fsp3) is 0.500. The van der Waals surface area contributed by atoms with Gasteiger partial charge in [-0.3, -0.25) is 0 Å². The van der Waals surface area contributed by atoms with Crippen molar-refractivity contribution in [3.8, 4) is 0 Å². The van der Waals surface area contributed by atoms with E-state index in [9.17, 15) is 0 Å². The van der Waals surface area contributed by atoms with Crippen molar-refractivity contribution in [2.24, 2.45) is 0 Å². The molecule has 1 saturated heterocycles. The molecule has 2 bridgehead atoms. The molecule has 0 spiro atoms. The molecule has 48 valence electrons. The number of allylic oxidation sites excluding steroid dienone is 2. The molecule has 2 aliphatic heterocycles. The first-order valence-corrected chi connectivity index (χ1v) is 4.40. The minimum Gasteiger partial charge on any atom is -0.147 e. The highest BCUT2D eigenvalue weighted by Gasteiger charge is 2.21. The van der Waals surface area contributed by atoms with Crippen LogP contribution >= 0.6 is 11.8 Å². The van der Waals surface area contributed by atoms with Crippen molar-refractivity contribution in [1.29, 1.82) is 0 Å². The molecule has 0 aromatic rings. The Morgan fingerprint density at radius 3 is 2.11 bits per heavy atom. The van der Waals surface area contributed by atoms with Gasteiger partial charge in [0.1, 0.15) is 0 Å². The molecule has 0 N–H and O–H groups in total. The van der Waals surface area contributed by atoms with Gasteiger partial charge in [-0.05, 0) is 12.8 Å². The van der Waals surface area contributed by atoms with E-state index in [1.807, 2.05) is 0 Å². The molecule has 9 heavy (non-hydrogen) atoms. The van der Waals surface area contributed by atoms with Crippen LogP contribution in [0.5, 0.6) is 0 Å². The van der Waals surface area contributed by atoms with E-state index in [0.29, 0.717) is 0 Å². The molecule has 2 atom stereocenters. The molecule has 0 amide bonds. The Hall–Kier alpha value is -0.170. The second-order valence-corrected chi connectivity index (χ2v) is 4.04. The molecular formula is C8H10S. The van der Waals surface area contributed by atoms with Crippen molar-refractivity contribution >= 4 is 11.8 Å². The van der Waals surface area contributed by atoms with Gasteiger partial charge in [-0.2, -0.15) is 0 Å². The molecule has 0 aliphatic carbocycles. The van der Waals surface area contributed by atoms with Gasteiger partial charge < -0.3 is 0 Å². The molecule has 2 aliphatic rings. The van der Waals surface area contributed by atoms with Crippen LogP contribution in [-0.2, 0) is 0 Å². The summed E-state index contributed by atoms with van der Waals surface area (Å²) in [6.45, 7) is 0. The summed E-state index contributed by atoms with van der Waals surface area (Å²) in [4.78, 5) is 0. The normalized spacial score (nSPS) is 39.1. The third-order valence-electron chi connectivity index (χ3n) is 1.85. The summed E-state index contributed by atoms with van der Waals surface area (Å²) in [6.07, 6.45) is 11.8. The average Bonchev–Trinajstić information content (AvgIpc) is 2.09. The Labute approximate surface area is 60.0 Å². The van der Waals surface area contributed by atoms with E-state index in [0.717, 1.165) is 10.5 Å². The lowest BCUT2D eigenvalue weighted by atomic mass is 10.1. The molecular weight excluding hydrogens is 128 g/mol. The summed E-state index contributed by atoms with van der Waals surface area (Å²) in [6, 6.07) is 0. The van der Waals surface area contributed by atoms with Crippen molar-refractivity contribution in [3.63, 3.8) is 0 Å². The summed E-state index contributed by atoms with van der Waals surface area (Å²) in [7, 11) is 0. The van der Waals surface area contributed by atoms with E-state index in [-0.39, 0.29) is 0 Å². The van der Waals surface area contributed by atoms with E-state index < -0.39 is 0 Å². The predicted octanol–water partition coefficient (Wildman–Crippen LogP) is 2.38. The van der Waals surface area contributed by atoms with Crippen LogP contribution in [0.3, 0.4) is 0 Å². The second kappa shape index (κ2) is 2.22. The summed E-state index contributed by atoms with van der Waals surface area (Å²) >= 11 is 2.10. The van der Waals surface area contributed by atoms with Gasteiger partial charge >= 0.3 is 0 Å². The van der Waals surface area contributed by atoms with Crippen molar-refractivity contribution in [2.75, 3.05) is 0 Å². The van der Waals surface area contributed by atoms with E-state index in [1.165, 1.54) is 12.8 Å². The first-order valence-electron chi connectivity index (χ1n) is 3.45. The van der Waals surface area contributed by atoms with Gasteiger partial charge in [0.15, 0.2) is 0 Å². The zero-order valence-corrected chi connectivity index (χ0v) is 6.10. The highest BCUT2D eigenvalue weighted by molar-refractivity contribution is 8.01. The van der Waals surface area contributed by atoms with Gasteiger partial charge in [-0.1, -0.05) is 24.3 Å². The first-order chi connectivity index (χ1) is 4.45. The predicted molar refractivity (Wildman–Crippen MR) is 42.7 cm³/mol. The molecule has 2 rings (SSSR count). The molecule has 0 radical (unpaired) electrons. The summed E-state index contributed by atoms with van der Waals surface area (Å²) in [5.74, 6) is 0. The standard InChI is InChI=1S/C8H10S/c1-2-4-8-6-5-7(3-1)9-8/h1-4,7-8H,5-6H2. The van der Waals surface area contributed by atoms with E-state index in [1.54, 1.807) is 0 Å². The van der Waals surface area contributed by atoms with Crippen LogP contribution in [0.15, 0.2) is 24.3 Å². The van der Waals surface area contributed by atoms with Crippen molar-refractivity contribution in [3.05, 3.63) is 24.3 Å². The Morgan fingerprint density at radius 1 is 1.00 bits per heavy atom. The third kappa shape index (κ3) is 1.06. The molecule has 2 heterocycles. The maximum absolute atomic E-state index is 2.31. The topological polar surface area (TPSA) is 0 Å². The Morgan fingerprint density at radius 2 is 1.56 bits per heavy atom. The third-order valence-corrected chi connectivity index (χ3v) is 3.33. The lowest BCUT2D eigenvalue weighted by molar-refractivity contribution is 0.830. The molecule has 2 unspecified atom stereocenters. The van der Waals surface area contributed by atoms with Crippen LogP contribution in [0.2, 0.25) is 0 Å². The Bertz CT molecular complexity index is 140. The van der Waals surface area contributed by atoms with Crippen molar-refractivity contribution in [1.82, 2.24) is 0 Å². The highest BCUT2D eigenvalue weighted by atomic mass is 32.2. The van der Waals surface area contributed by atoms with Crippen LogP contribution in [-0.4, -0.2) is 10.5 Å². The Kier molecular flexibility index (Phi) is 1.38. The quantitative estimate of drug-likeness (QED) is 0.495. The van der Waals surface area contributed by atoms with Gasteiger partial charge in [0.05, 0.1) is 0 Å². The maximum atomic E-state index is 2.31. The molecule has 1 heteroatoms. The largest absolute Gasteiger partial charge is 0.147 e. The van der Waals surface area contributed by atoms with E-state index in [2.05, 4.69) is 36.1 Å². The smallest absolute Gasteiger partial charge is 0.0236 e. The van der Waals surface area contributed by atoms with E-state index >= 15 is 0 Å². The summed E-state index contributed by atoms with van der Waals surface area (Å²) in [5.41, 5.74) is 0. The van der Waals surface area contributed by atoms with Crippen molar-refractivity contribution < 1.29 is 0 Å². The minimum absolute atomic E-state index is 0.824. The van der Waals surface area contributed by atoms with Crippen LogP contribution in [0.4, 0.5) is 0 Å². The number of thioether (sulfide) groups is 1. The number of fused-ring (bicyclic) bond motifs is 2. The van der Waals surface area contributed by atoms with Gasteiger partial charge in [0, 0.05) is 10.5 Å². The molecule has 0 aromatic heterocycles. The zero-order valence-electron chi connectivity index (χ0n) is 5.29. The van der Waals surface area contributed by atoms with Crippen molar-refractivity contribution in [2.45, 2.75) is 23.3 Å². The number of rotatable bonds is 0. The summed E-state index contributed by atoms with van der Waals surface area (Å²) in [5, 5.41) is 1.65. The molecule has 0 saturated carbocycles. The minimum atomic E-state index is 0.824. The van der Waals surface area contributed by atoms with Gasteiger partial charge in [0.25, 0.3) is 0 Å². The lowest BCUT2D eigenvalue weighted by Gasteiger charge is -1.98. The van der Waals surface area contributed by atoms with Crippen LogP contribution in [0.25, 0.3) is 0 Å². The van der Waals surface area contributed by atoms with Gasteiger partial charge in [-0.25, -0.2) is 0 Å². The fourth-order valence-corrected chi connectivity index (χ4v) is 2.70. The second-order valence-electron chi connectivity index (χ2n) is 2.56. The van der Waals surface area contributed by atoms with Crippen LogP contribution < -0.4 is 0 Å². The lowest BCUT2D eigenvalue weighted by Crippen LogP contribution is -1.87. The fourth-order valence-electron chi connectivity index (χ4n) is 1.35. The summed E-state index contributed by atoms with van der Waals surface area (Å²) < 4.78 is 0. The number of hydrogen-bond donors (Lipinski definition) is 0. The molecule has 0 aromatic carbocycles. The van der Waals surface area contributed by atoms with Gasteiger partial charge in [0.2, 0.25) is 0 Å². The first kappa shape index (κ1) is 5.60. The van der Waals surface area contributed by atoms with Crippen LogP contribution in [0, 0.1) is 0 Å². The number of hydrogen-bond acceptors (Lipinski definition) is 1. The zero-order chi connectivity index (χ0) is 6.10. The average molecular weight is 138 g/mol. The maximum Gasteiger partial charge on any atom is 0.0236 e. The Balaban J connectivity index is 2.20.